The first-order chi connectivity index (χ1) is 12.0. The van der Waals surface area contributed by atoms with Gasteiger partial charge in [-0.2, -0.15) is 0 Å². The highest BCUT2D eigenvalue weighted by Crippen LogP contribution is 2.28. The smallest absolute Gasteiger partial charge is 0.330 e. The van der Waals surface area contributed by atoms with Gasteiger partial charge in [-0.3, -0.25) is 14.6 Å². The van der Waals surface area contributed by atoms with Crippen LogP contribution in [0.2, 0.25) is 0 Å². The molecule has 142 valence electrons. The summed E-state index contributed by atoms with van der Waals surface area (Å²) in [6, 6.07) is -0.0937. The molecule has 0 unspecified atom stereocenters. The summed E-state index contributed by atoms with van der Waals surface area (Å²) in [5.41, 5.74) is 4.00. The molecule has 0 saturated carbocycles. The number of nitrogen functional groups attached to an aromatic ring is 1. The van der Waals surface area contributed by atoms with Crippen molar-refractivity contribution in [3.63, 3.8) is 0 Å². The third kappa shape index (κ3) is 4.07. The number of H-pyrrole nitrogens is 1. The number of nitrogens with two attached hydrogens (primary N) is 1. The summed E-state index contributed by atoms with van der Waals surface area (Å²) in [5.74, 6) is -0.393. The van der Waals surface area contributed by atoms with Gasteiger partial charge in [-0.1, -0.05) is 11.3 Å². The number of thiophene rings is 1. The number of nitrogens with zero attached hydrogens (tertiary/aromatic N) is 1. The third-order valence-corrected chi connectivity index (χ3v) is 4.68. The van der Waals surface area contributed by atoms with E-state index in [2.05, 4.69) is 10.3 Å². The molecule has 0 aliphatic rings. The number of anilines is 1. The minimum absolute atomic E-state index is 0.0937. The second-order valence-corrected chi connectivity index (χ2v) is 7.44. The Hall–Kier alpha value is -2.75. The molecule has 10 heteroatoms. The SMILES string of the molecule is Cc1c(N)sc2[nH]c(=O)n(C(C)(C)C(=O)NC(C)C)c(=O)c12.N=CC=N. The quantitative estimate of drug-likeness (QED) is 0.505. The summed E-state index contributed by atoms with van der Waals surface area (Å²) < 4.78 is 0.951. The van der Waals surface area contributed by atoms with Crippen molar-refractivity contribution in [1.82, 2.24) is 14.9 Å². The Balaban J connectivity index is 0.000000765. The maximum absolute atomic E-state index is 12.7. The van der Waals surface area contributed by atoms with Crippen molar-refractivity contribution in [1.29, 1.82) is 10.8 Å². The van der Waals surface area contributed by atoms with E-state index in [9.17, 15) is 14.4 Å². The largest absolute Gasteiger partial charge is 0.390 e. The molecule has 0 aromatic carbocycles. The van der Waals surface area contributed by atoms with Crippen LogP contribution in [0.25, 0.3) is 10.2 Å². The third-order valence-electron chi connectivity index (χ3n) is 3.64. The van der Waals surface area contributed by atoms with E-state index in [1.54, 1.807) is 6.92 Å². The van der Waals surface area contributed by atoms with Crippen LogP contribution in [0, 0.1) is 17.7 Å². The summed E-state index contributed by atoms with van der Waals surface area (Å²) in [6.07, 6.45) is 1.83. The van der Waals surface area contributed by atoms with E-state index in [1.807, 2.05) is 13.8 Å². The van der Waals surface area contributed by atoms with E-state index in [0.29, 0.717) is 20.8 Å². The summed E-state index contributed by atoms with van der Waals surface area (Å²) in [6.45, 7) is 8.43. The van der Waals surface area contributed by atoms with Crippen molar-refractivity contribution in [2.45, 2.75) is 46.2 Å². The number of aromatic nitrogens is 2. The summed E-state index contributed by atoms with van der Waals surface area (Å²) in [5, 5.41) is 15.7. The van der Waals surface area contributed by atoms with Gasteiger partial charge in [-0.05, 0) is 40.2 Å². The van der Waals surface area contributed by atoms with Crippen LogP contribution in [0.4, 0.5) is 5.00 Å². The van der Waals surface area contributed by atoms with Gasteiger partial charge in [0.2, 0.25) is 5.91 Å². The average molecular weight is 380 g/mol. The molecule has 2 aromatic rings. The number of hydrogen-bond donors (Lipinski definition) is 5. The standard InChI is InChI=1S/C14H20N4O3S.C2H4N2/c1-6(2)16-12(20)14(4,5)18-11(19)8-7(3)9(15)22-10(8)17-13(18)21;3-1-2-4/h6H,15H2,1-5H3,(H,16,20)(H,17,21);1-4H. The molecule has 0 saturated heterocycles. The zero-order chi connectivity index (χ0) is 20.2. The summed E-state index contributed by atoms with van der Waals surface area (Å²) in [4.78, 5) is 40.5. The lowest BCUT2D eigenvalue weighted by atomic mass is 10.0. The first kappa shape index (κ1) is 21.3. The molecule has 9 nitrogen and oxygen atoms in total. The van der Waals surface area contributed by atoms with E-state index in [-0.39, 0.29) is 6.04 Å². The Morgan fingerprint density at radius 2 is 1.85 bits per heavy atom. The van der Waals surface area contributed by atoms with E-state index in [4.69, 9.17) is 16.6 Å². The molecule has 0 aliphatic carbocycles. The van der Waals surface area contributed by atoms with E-state index in [1.165, 1.54) is 13.8 Å². The maximum atomic E-state index is 12.7. The molecule has 0 bridgehead atoms. The zero-order valence-corrected chi connectivity index (χ0v) is 16.2. The van der Waals surface area contributed by atoms with Crippen LogP contribution in [-0.4, -0.2) is 33.9 Å². The average Bonchev–Trinajstić information content (AvgIpc) is 2.81. The number of fused-ring (bicyclic) bond motifs is 1. The number of carbonyl (C=O) groups is 1. The number of amides is 1. The Bertz CT molecular complexity index is 945. The lowest BCUT2D eigenvalue weighted by Crippen LogP contribution is -2.55. The van der Waals surface area contributed by atoms with Crippen LogP contribution in [0.3, 0.4) is 0 Å². The fourth-order valence-corrected chi connectivity index (χ4v) is 3.24. The number of aromatic amines is 1. The summed E-state index contributed by atoms with van der Waals surface area (Å²) >= 11 is 1.15. The molecule has 0 spiro atoms. The number of carbonyl (C=O) groups excluding carboxylic acids is 1. The van der Waals surface area contributed by atoms with Crippen LogP contribution >= 0.6 is 11.3 Å². The fourth-order valence-electron chi connectivity index (χ4n) is 2.28. The van der Waals surface area contributed by atoms with E-state index >= 15 is 0 Å². The number of hydrogen-bond acceptors (Lipinski definition) is 7. The predicted octanol–water partition coefficient (Wildman–Crippen LogP) is 1.19. The molecule has 0 atom stereocenters. The Labute approximate surface area is 154 Å². The van der Waals surface area contributed by atoms with Crippen LogP contribution in [-0.2, 0) is 10.3 Å². The fraction of sp³-hybridized carbons (Fsp3) is 0.438. The molecule has 1 amide bonds. The van der Waals surface area contributed by atoms with Crippen LogP contribution in [0.15, 0.2) is 9.59 Å². The monoisotopic (exact) mass is 380 g/mol. The van der Waals surface area contributed by atoms with Gasteiger partial charge in [0.05, 0.1) is 10.4 Å². The summed E-state index contributed by atoms with van der Waals surface area (Å²) in [7, 11) is 0. The maximum Gasteiger partial charge on any atom is 0.330 e. The minimum Gasteiger partial charge on any atom is -0.390 e. The van der Waals surface area contributed by atoms with Gasteiger partial charge in [-0.25, -0.2) is 9.36 Å². The molecule has 2 rings (SSSR count). The van der Waals surface area contributed by atoms with Crippen LogP contribution in [0.5, 0.6) is 0 Å². The van der Waals surface area contributed by atoms with Gasteiger partial charge in [0.25, 0.3) is 5.56 Å². The van der Waals surface area contributed by atoms with Crippen molar-refractivity contribution in [3.05, 3.63) is 26.4 Å². The molecule has 6 N–H and O–H groups in total. The molecule has 2 heterocycles. The van der Waals surface area contributed by atoms with Gasteiger partial charge < -0.3 is 21.9 Å². The molecule has 26 heavy (non-hydrogen) atoms. The van der Waals surface area contributed by atoms with Crippen molar-refractivity contribution >= 4 is 44.9 Å². The van der Waals surface area contributed by atoms with Gasteiger partial charge in [0.1, 0.15) is 10.4 Å². The predicted molar refractivity (Wildman–Crippen MR) is 106 cm³/mol. The second-order valence-electron chi connectivity index (χ2n) is 6.39. The number of aryl methyl sites for hydroxylation is 1. The van der Waals surface area contributed by atoms with Gasteiger partial charge >= 0.3 is 5.69 Å². The molecular formula is C16H24N6O3S. The molecule has 0 fully saturated rings. The van der Waals surface area contributed by atoms with E-state index in [0.717, 1.165) is 28.3 Å². The first-order valence-corrected chi connectivity index (χ1v) is 8.65. The molecule has 0 aliphatic heterocycles. The highest BCUT2D eigenvalue weighted by Gasteiger charge is 2.34. The van der Waals surface area contributed by atoms with Crippen molar-refractivity contribution in [2.24, 2.45) is 0 Å². The normalized spacial score (nSPS) is 11.0. The zero-order valence-electron chi connectivity index (χ0n) is 15.4. The van der Waals surface area contributed by atoms with Crippen molar-refractivity contribution in [3.8, 4) is 0 Å². The van der Waals surface area contributed by atoms with E-state index < -0.39 is 22.7 Å². The molecule has 2 aromatic heterocycles. The minimum atomic E-state index is -1.31. The topological polar surface area (TPSA) is 158 Å². The second kappa shape index (κ2) is 8.09. The molecule has 0 radical (unpaired) electrons. The van der Waals surface area contributed by atoms with Gasteiger partial charge in [-0.15, -0.1) is 0 Å². The molecular weight excluding hydrogens is 356 g/mol. The lowest BCUT2D eigenvalue weighted by molar-refractivity contribution is -0.129. The Morgan fingerprint density at radius 3 is 2.31 bits per heavy atom. The Morgan fingerprint density at radius 1 is 1.31 bits per heavy atom. The van der Waals surface area contributed by atoms with Crippen molar-refractivity contribution < 1.29 is 4.79 Å². The van der Waals surface area contributed by atoms with Crippen LogP contribution in [0.1, 0.15) is 33.3 Å². The first-order valence-electron chi connectivity index (χ1n) is 7.83. The van der Waals surface area contributed by atoms with Gasteiger partial charge in [0.15, 0.2) is 0 Å². The highest BCUT2D eigenvalue weighted by atomic mass is 32.1. The lowest BCUT2D eigenvalue weighted by Gasteiger charge is -2.26. The number of rotatable bonds is 4. The number of nitrogens with one attached hydrogen (secondary N) is 4. The van der Waals surface area contributed by atoms with Crippen LogP contribution < -0.4 is 22.3 Å². The van der Waals surface area contributed by atoms with Crippen molar-refractivity contribution in [2.75, 3.05) is 5.73 Å². The highest BCUT2D eigenvalue weighted by molar-refractivity contribution is 7.22. The Kier molecular flexibility index (Phi) is 6.62. The van der Waals surface area contributed by atoms with Gasteiger partial charge in [0, 0.05) is 18.5 Å².